The highest BCUT2D eigenvalue weighted by Crippen LogP contribution is 2.02. The summed E-state index contributed by atoms with van der Waals surface area (Å²) in [6, 6.07) is 1.24. The summed E-state index contributed by atoms with van der Waals surface area (Å²) in [6.45, 7) is 0. The van der Waals surface area contributed by atoms with Crippen LogP contribution in [-0.2, 0) is 0 Å². The van der Waals surface area contributed by atoms with E-state index in [1.807, 2.05) is 0 Å². The maximum Gasteiger partial charge on any atom is 0.480 e. The monoisotopic (exact) mass is 167 g/mol. The largest absolute Gasteiger partial charge is 0.480 e. The van der Waals surface area contributed by atoms with E-state index in [1.54, 1.807) is 0 Å². The van der Waals surface area contributed by atoms with Gasteiger partial charge in [-0.05, 0) is 11.6 Å². The van der Waals surface area contributed by atoms with Crippen molar-refractivity contribution in [3.8, 4) is 0 Å². The summed E-state index contributed by atoms with van der Waals surface area (Å²) in [4.78, 5) is 3.57. The Balaban J connectivity index is 2.76. The highest BCUT2D eigenvalue weighted by molar-refractivity contribution is 6.48. The van der Waals surface area contributed by atoms with Crippen LogP contribution >= 0.6 is 0 Å². The maximum atomic E-state index is 12.5. The van der Waals surface area contributed by atoms with Crippen molar-refractivity contribution in [2.24, 2.45) is 0 Å². The highest BCUT2D eigenvalue weighted by atomic mass is 19.1. The first-order valence-corrected chi connectivity index (χ1v) is 3.33. The second-order valence-corrected chi connectivity index (χ2v) is 2.21. The van der Waals surface area contributed by atoms with Crippen molar-refractivity contribution in [2.75, 3.05) is 0 Å². The zero-order chi connectivity index (χ0) is 8.97. The quantitative estimate of drug-likeness (QED) is 0.620. The maximum absolute atomic E-state index is 12.5. The molecule has 5 heteroatoms. The predicted octanol–water partition coefficient (Wildman–Crippen LogP) is 0.246. The fraction of sp³-hybridized carbons (Fsp3) is 0. The third-order valence-corrected chi connectivity index (χ3v) is 1.19. The number of hydrogen-bond donors (Lipinski definition) is 2. The molecule has 0 saturated carbocycles. The Kier molecular flexibility index (Phi) is 2.96. The second kappa shape index (κ2) is 3.99. The molecule has 3 nitrogen and oxygen atoms in total. The minimum Gasteiger partial charge on any atom is -0.424 e. The van der Waals surface area contributed by atoms with Crippen LogP contribution in [0.1, 0.15) is 5.56 Å². The van der Waals surface area contributed by atoms with Crippen molar-refractivity contribution >= 4 is 13.2 Å². The molecule has 1 aromatic rings. The van der Waals surface area contributed by atoms with Crippen LogP contribution in [0.2, 0.25) is 0 Å². The van der Waals surface area contributed by atoms with Gasteiger partial charge in [-0.15, -0.1) is 0 Å². The summed E-state index contributed by atoms with van der Waals surface area (Å²) in [7, 11) is -1.52. The van der Waals surface area contributed by atoms with Crippen LogP contribution in [0, 0.1) is 5.82 Å². The number of aromatic nitrogens is 1. The van der Waals surface area contributed by atoms with Crippen molar-refractivity contribution in [3.05, 3.63) is 35.8 Å². The van der Waals surface area contributed by atoms with Gasteiger partial charge in [0.05, 0.1) is 6.20 Å². The molecular weight excluding hydrogens is 160 g/mol. The fourth-order valence-electron chi connectivity index (χ4n) is 0.717. The molecular formula is C7H7BFNO2. The van der Waals surface area contributed by atoms with E-state index in [9.17, 15) is 4.39 Å². The van der Waals surface area contributed by atoms with Gasteiger partial charge in [0.1, 0.15) is 5.82 Å². The zero-order valence-electron chi connectivity index (χ0n) is 6.18. The lowest BCUT2D eigenvalue weighted by molar-refractivity contribution is 0.424. The second-order valence-electron chi connectivity index (χ2n) is 2.21. The molecule has 0 aliphatic rings. The number of hydrogen-bond acceptors (Lipinski definition) is 3. The summed E-state index contributed by atoms with van der Waals surface area (Å²) in [5.74, 6) is 0.667. The molecule has 62 valence electrons. The average Bonchev–Trinajstić information content (AvgIpc) is 2.01. The molecule has 1 heterocycles. The number of halogens is 1. The van der Waals surface area contributed by atoms with Gasteiger partial charge in [0.2, 0.25) is 0 Å². The van der Waals surface area contributed by atoms with Crippen LogP contribution in [0.5, 0.6) is 0 Å². The molecule has 0 aliphatic carbocycles. The molecule has 0 radical (unpaired) electrons. The Morgan fingerprint density at radius 2 is 2.17 bits per heavy atom. The molecule has 0 fully saturated rings. The number of rotatable bonds is 2. The van der Waals surface area contributed by atoms with Crippen LogP contribution < -0.4 is 0 Å². The van der Waals surface area contributed by atoms with E-state index in [4.69, 9.17) is 10.0 Å². The summed E-state index contributed by atoms with van der Waals surface area (Å²) in [5, 5.41) is 16.9. The van der Waals surface area contributed by atoms with E-state index in [1.165, 1.54) is 18.3 Å². The molecule has 0 bridgehead atoms. The first-order valence-electron chi connectivity index (χ1n) is 3.33. The molecule has 0 unspecified atom stereocenters. The predicted molar refractivity (Wildman–Crippen MR) is 43.4 cm³/mol. The summed E-state index contributed by atoms with van der Waals surface area (Å²) >= 11 is 0. The van der Waals surface area contributed by atoms with Gasteiger partial charge in [0, 0.05) is 6.20 Å². The van der Waals surface area contributed by atoms with Crippen LogP contribution in [0.15, 0.2) is 24.4 Å². The summed E-state index contributed by atoms with van der Waals surface area (Å²) in [6.07, 6.45) is 3.87. The minimum absolute atomic E-state index is 0.454. The Hall–Kier alpha value is -1.20. The van der Waals surface area contributed by atoms with Crippen molar-refractivity contribution in [1.82, 2.24) is 4.98 Å². The van der Waals surface area contributed by atoms with Crippen LogP contribution in [0.3, 0.4) is 0 Å². The van der Waals surface area contributed by atoms with Gasteiger partial charge in [-0.25, -0.2) is 4.39 Å². The molecule has 2 N–H and O–H groups in total. The van der Waals surface area contributed by atoms with Crippen molar-refractivity contribution in [2.45, 2.75) is 0 Å². The first-order chi connectivity index (χ1) is 5.68. The van der Waals surface area contributed by atoms with Crippen molar-refractivity contribution in [1.29, 1.82) is 0 Å². The van der Waals surface area contributed by atoms with E-state index >= 15 is 0 Å². The lowest BCUT2D eigenvalue weighted by atomic mass is 9.91. The highest BCUT2D eigenvalue weighted by Gasteiger charge is 1.98. The van der Waals surface area contributed by atoms with Crippen molar-refractivity contribution < 1.29 is 14.4 Å². The Morgan fingerprint density at radius 1 is 1.42 bits per heavy atom. The van der Waals surface area contributed by atoms with Gasteiger partial charge in [-0.1, -0.05) is 12.1 Å². The third-order valence-electron chi connectivity index (χ3n) is 1.19. The molecule has 1 rings (SSSR count). The van der Waals surface area contributed by atoms with E-state index < -0.39 is 12.9 Å². The Morgan fingerprint density at radius 3 is 2.75 bits per heavy atom. The molecule has 0 atom stereocenters. The molecule has 0 aliphatic heterocycles. The molecule has 0 amide bonds. The third kappa shape index (κ3) is 2.81. The molecule has 1 aromatic heterocycles. The van der Waals surface area contributed by atoms with Gasteiger partial charge in [0.25, 0.3) is 0 Å². The van der Waals surface area contributed by atoms with Crippen LogP contribution in [-0.4, -0.2) is 22.2 Å². The van der Waals surface area contributed by atoms with Gasteiger partial charge < -0.3 is 10.0 Å². The summed E-state index contributed by atoms with van der Waals surface area (Å²) < 4.78 is 12.5. The lowest BCUT2D eigenvalue weighted by Crippen LogP contribution is -2.05. The molecule has 12 heavy (non-hydrogen) atoms. The van der Waals surface area contributed by atoms with Gasteiger partial charge in [-0.2, -0.15) is 0 Å². The number of pyridine rings is 1. The lowest BCUT2D eigenvalue weighted by Gasteiger charge is -1.91. The smallest absolute Gasteiger partial charge is 0.424 e. The van der Waals surface area contributed by atoms with Gasteiger partial charge in [-0.3, -0.25) is 4.98 Å². The SMILES string of the molecule is OB(O)/C=C/c1cncc(F)c1. The molecule has 0 aromatic carbocycles. The molecule has 0 saturated heterocycles. The van der Waals surface area contributed by atoms with E-state index in [0.29, 0.717) is 5.56 Å². The summed E-state index contributed by atoms with van der Waals surface area (Å²) in [5.41, 5.74) is 0.489. The van der Waals surface area contributed by atoms with E-state index in [0.717, 1.165) is 12.2 Å². The normalized spacial score (nSPS) is 10.6. The Labute approximate surface area is 69.3 Å². The standard InChI is InChI=1S/C7H7BFNO2/c9-7-3-6(4-10-5-7)1-2-8(11)12/h1-5,11-12H/b2-1+. The first kappa shape index (κ1) is 8.90. The van der Waals surface area contributed by atoms with Gasteiger partial charge >= 0.3 is 7.12 Å². The average molecular weight is 167 g/mol. The molecule has 0 spiro atoms. The Bertz CT molecular complexity index is 290. The van der Waals surface area contributed by atoms with Crippen LogP contribution in [0.25, 0.3) is 6.08 Å². The fourth-order valence-corrected chi connectivity index (χ4v) is 0.717. The minimum atomic E-state index is -1.52. The van der Waals surface area contributed by atoms with E-state index in [2.05, 4.69) is 4.98 Å². The topological polar surface area (TPSA) is 53.4 Å². The van der Waals surface area contributed by atoms with Gasteiger partial charge in [0.15, 0.2) is 0 Å². The van der Waals surface area contributed by atoms with E-state index in [-0.39, 0.29) is 0 Å². The zero-order valence-corrected chi connectivity index (χ0v) is 6.18. The van der Waals surface area contributed by atoms with Crippen LogP contribution in [0.4, 0.5) is 4.39 Å². The number of nitrogens with zero attached hydrogens (tertiary/aromatic N) is 1. The van der Waals surface area contributed by atoms with Crippen molar-refractivity contribution in [3.63, 3.8) is 0 Å².